The molecule has 1 fully saturated rings. The number of aryl methyl sites for hydroxylation is 1. The Hall–Kier alpha value is -3.10. The summed E-state index contributed by atoms with van der Waals surface area (Å²) in [7, 11) is 0. The van der Waals surface area contributed by atoms with Crippen molar-refractivity contribution in [2.45, 2.75) is 13.1 Å². The molecule has 0 atom stereocenters. The second-order valence-electron chi connectivity index (χ2n) is 6.70. The van der Waals surface area contributed by atoms with Gasteiger partial charge in [-0.15, -0.1) is 0 Å². The maximum atomic E-state index is 12.8. The first-order valence-electron chi connectivity index (χ1n) is 8.85. The highest BCUT2D eigenvalue weighted by molar-refractivity contribution is 5.93. The van der Waals surface area contributed by atoms with E-state index in [1.54, 1.807) is 11.1 Å². The van der Waals surface area contributed by atoms with E-state index < -0.39 is 11.7 Å². The van der Waals surface area contributed by atoms with Gasteiger partial charge in [-0.25, -0.2) is 9.97 Å². The summed E-state index contributed by atoms with van der Waals surface area (Å²) in [6.07, 6.45) is -1.83. The van der Waals surface area contributed by atoms with Crippen LogP contribution in [0.4, 0.5) is 19.0 Å². The maximum Gasteiger partial charge on any atom is 0.417 e. The number of aromatic nitrogens is 3. The van der Waals surface area contributed by atoms with E-state index in [-0.39, 0.29) is 5.91 Å². The third-order valence-corrected chi connectivity index (χ3v) is 4.88. The van der Waals surface area contributed by atoms with E-state index in [2.05, 4.69) is 9.97 Å². The Morgan fingerprint density at radius 3 is 2.43 bits per heavy atom. The van der Waals surface area contributed by atoms with Crippen LogP contribution in [0.15, 0.2) is 42.7 Å². The Kier molecular flexibility index (Phi) is 4.44. The quantitative estimate of drug-likeness (QED) is 0.676. The van der Waals surface area contributed by atoms with Crippen molar-refractivity contribution in [2.75, 3.05) is 31.1 Å². The average Bonchev–Trinajstić information content (AvgIpc) is 3.13. The number of alkyl halides is 3. The van der Waals surface area contributed by atoms with Crippen LogP contribution in [0, 0.1) is 6.92 Å². The monoisotopic (exact) mass is 389 g/mol. The summed E-state index contributed by atoms with van der Waals surface area (Å²) in [6.45, 7) is 3.84. The predicted octanol–water partition coefficient (Wildman–Crippen LogP) is 3.02. The SMILES string of the molecule is Cc1cccc2nc(C(=O)N3CCN(c4ccc(C(F)(F)F)cn4)CC3)cn12. The number of hydrogen-bond acceptors (Lipinski definition) is 4. The first kappa shape index (κ1) is 18.3. The minimum Gasteiger partial charge on any atom is -0.353 e. The standard InChI is InChI=1S/C19H18F3N5O/c1-13-3-2-4-17-24-15(12-27(13)17)18(28)26-9-7-25(8-10-26)16-6-5-14(11-23-16)19(20,21)22/h2-6,11-12H,7-10H2,1H3. The Balaban J connectivity index is 1.43. The lowest BCUT2D eigenvalue weighted by Crippen LogP contribution is -2.49. The van der Waals surface area contributed by atoms with E-state index in [9.17, 15) is 18.0 Å². The molecule has 4 rings (SSSR count). The first-order valence-corrected chi connectivity index (χ1v) is 8.85. The molecule has 0 saturated carbocycles. The third kappa shape index (κ3) is 3.39. The highest BCUT2D eigenvalue weighted by Gasteiger charge is 2.31. The van der Waals surface area contributed by atoms with Gasteiger partial charge in [0, 0.05) is 44.3 Å². The summed E-state index contributed by atoms with van der Waals surface area (Å²) in [5, 5.41) is 0. The Morgan fingerprint density at radius 2 is 1.82 bits per heavy atom. The van der Waals surface area contributed by atoms with Crippen LogP contribution < -0.4 is 4.90 Å². The number of pyridine rings is 2. The molecule has 0 radical (unpaired) electrons. The van der Waals surface area contributed by atoms with Gasteiger partial charge in [0.1, 0.15) is 17.2 Å². The van der Waals surface area contributed by atoms with Crippen molar-refractivity contribution in [3.05, 3.63) is 59.7 Å². The molecular formula is C19H18F3N5O. The number of nitrogens with zero attached hydrogens (tertiary/aromatic N) is 5. The average molecular weight is 389 g/mol. The van der Waals surface area contributed by atoms with Gasteiger partial charge in [0.25, 0.3) is 5.91 Å². The van der Waals surface area contributed by atoms with Crippen molar-refractivity contribution in [2.24, 2.45) is 0 Å². The molecule has 28 heavy (non-hydrogen) atoms. The summed E-state index contributed by atoms with van der Waals surface area (Å²) in [6, 6.07) is 8.07. The number of carbonyl (C=O) groups is 1. The molecule has 0 bridgehead atoms. The number of halogens is 3. The van der Waals surface area contributed by atoms with Crippen molar-refractivity contribution < 1.29 is 18.0 Å². The molecule has 0 aliphatic carbocycles. The summed E-state index contributed by atoms with van der Waals surface area (Å²) in [5.74, 6) is 0.326. The van der Waals surface area contributed by atoms with E-state index >= 15 is 0 Å². The number of carbonyl (C=O) groups excluding carboxylic acids is 1. The highest BCUT2D eigenvalue weighted by atomic mass is 19.4. The molecule has 6 nitrogen and oxygen atoms in total. The molecule has 0 N–H and O–H groups in total. The van der Waals surface area contributed by atoms with E-state index in [0.29, 0.717) is 37.7 Å². The second kappa shape index (κ2) is 6.81. The van der Waals surface area contributed by atoms with Gasteiger partial charge in [0.05, 0.1) is 5.56 Å². The van der Waals surface area contributed by atoms with Gasteiger partial charge >= 0.3 is 6.18 Å². The zero-order valence-electron chi connectivity index (χ0n) is 15.1. The van der Waals surface area contributed by atoms with Gasteiger partial charge in [0.15, 0.2) is 0 Å². The van der Waals surface area contributed by atoms with Crippen molar-refractivity contribution in [1.82, 2.24) is 19.3 Å². The van der Waals surface area contributed by atoms with Crippen LogP contribution in [-0.4, -0.2) is 51.4 Å². The lowest BCUT2D eigenvalue weighted by Gasteiger charge is -2.35. The molecular weight excluding hydrogens is 371 g/mol. The van der Waals surface area contributed by atoms with Gasteiger partial charge < -0.3 is 14.2 Å². The van der Waals surface area contributed by atoms with Crippen molar-refractivity contribution in [3.63, 3.8) is 0 Å². The third-order valence-electron chi connectivity index (χ3n) is 4.88. The number of fused-ring (bicyclic) bond motifs is 1. The molecule has 1 saturated heterocycles. The minimum absolute atomic E-state index is 0.150. The molecule has 0 aromatic carbocycles. The number of piperazine rings is 1. The van der Waals surface area contributed by atoms with Gasteiger partial charge in [-0.05, 0) is 31.2 Å². The van der Waals surface area contributed by atoms with E-state index in [1.807, 2.05) is 34.4 Å². The van der Waals surface area contributed by atoms with E-state index in [0.717, 1.165) is 23.6 Å². The number of hydrogen-bond donors (Lipinski definition) is 0. The summed E-state index contributed by atoms with van der Waals surface area (Å²) in [4.78, 5) is 24.7. The first-order chi connectivity index (χ1) is 13.3. The fourth-order valence-corrected chi connectivity index (χ4v) is 3.29. The van der Waals surface area contributed by atoms with Gasteiger partial charge in [-0.3, -0.25) is 4.79 Å². The molecule has 3 aromatic rings. The van der Waals surface area contributed by atoms with Crippen LogP contribution in [0.3, 0.4) is 0 Å². The van der Waals surface area contributed by atoms with Crippen molar-refractivity contribution in [1.29, 1.82) is 0 Å². The molecule has 3 aromatic heterocycles. The normalized spacial score (nSPS) is 15.3. The van der Waals surface area contributed by atoms with Gasteiger partial charge in [0.2, 0.25) is 0 Å². The predicted molar refractivity (Wildman–Crippen MR) is 97.3 cm³/mol. The molecule has 1 aliphatic heterocycles. The molecule has 1 aliphatic rings. The summed E-state index contributed by atoms with van der Waals surface area (Å²) < 4.78 is 39.8. The zero-order chi connectivity index (χ0) is 19.9. The summed E-state index contributed by atoms with van der Waals surface area (Å²) >= 11 is 0. The van der Waals surface area contributed by atoms with Gasteiger partial charge in [-0.1, -0.05) is 6.07 Å². The molecule has 0 unspecified atom stereocenters. The van der Waals surface area contributed by atoms with Crippen LogP contribution in [0.1, 0.15) is 21.7 Å². The van der Waals surface area contributed by atoms with E-state index in [4.69, 9.17) is 0 Å². The van der Waals surface area contributed by atoms with E-state index in [1.165, 1.54) is 6.07 Å². The lowest BCUT2D eigenvalue weighted by molar-refractivity contribution is -0.137. The molecule has 9 heteroatoms. The highest BCUT2D eigenvalue weighted by Crippen LogP contribution is 2.29. The fourth-order valence-electron chi connectivity index (χ4n) is 3.29. The van der Waals surface area contributed by atoms with Crippen LogP contribution in [-0.2, 0) is 6.18 Å². The molecule has 1 amide bonds. The lowest BCUT2D eigenvalue weighted by atomic mass is 10.2. The van der Waals surface area contributed by atoms with Crippen LogP contribution in [0.25, 0.3) is 5.65 Å². The second-order valence-corrected chi connectivity index (χ2v) is 6.70. The molecule has 146 valence electrons. The number of amides is 1. The molecule has 0 spiro atoms. The largest absolute Gasteiger partial charge is 0.417 e. The van der Waals surface area contributed by atoms with Crippen LogP contribution in [0.5, 0.6) is 0 Å². The molecule has 4 heterocycles. The summed E-state index contributed by atoms with van der Waals surface area (Å²) in [5.41, 5.74) is 1.32. The zero-order valence-corrected chi connectivity index (χ0v) is 15.1. The fraction of sp³-hybridized carbons (Fsp3) is 0.316. The minimum atomic E-state index is -4.40. The Labute approximate surface area is 159 Å². The van der Waals surface area contributed by atoms with Gasteiger partial charge in [-0.2, -0.15) is 13.2 Å². The number of rotatable bonds is 2. The number of imidazole rings is 1. The Morgan fingerprint density at radius 1 is 1.07 bits per heavy atom. The number of anilines is 1. The maximum absolute atomic E-state index is 12.8. The topological polar surface area (TPSA) is 53.7 Å². The Bertz CT molecular complexity index is 1000. The van der Waals surface area contributed by atoms with Crippen molar-refractivity contribution in [3.8, 4) is 0 Å². The van der Waals surface area contributed by atoms with Crippen LogP contribution >= 0.6 is 0 Å². The van der Waals surface area contributed by atoms with Crippen LogP contribution in [0.2, 0.25) is 0 Å². The van der Waals surface area contributed by atoms with Crippen molar-refractivity contribution >= 4 is 17.4 Å². The smallest absolute Gasteiger partial charge is 0.353 e.